The molecule has 1 aliphatic heterocycles. The number of aliphatic imine (C=N–C) groups is 1. The van der Waals surface area contributed by atoms with E-state index in [-0.39, 0.29) is 5.91 Å². The molecule has 2 heterocycles. The van der Waals surface area contributed by atoms with Crippen LogP contribution in [0.3, 0.4) is 0 Å². The van der Waals surface area contributed by atoms with Gasteiger partial charge in [0, 0.05) is 25.9 Å². The molecule has 112 valence electrons. The van der Waals surface area contributed by atoms with Crippen LogP contribution in [0.15, 0.2) is 47.6 Å². The highest BCUT2D eigenvalue weighted by atomic mass is 19.1. The molecule has 0 spiro atoms. The van der Waals surface area contributed by atoms with Crippen molar-refractivity contribution in [2.75, 3.05) is 14.1 Å². The molecule has 0 saturated carbocycles. The third-order valence-electron chi connectivity index (χ3n) is 3.66. The second kappa shape index (κ2) is 5.55. The number of carbonyl (C=O) groups is 1. The van der Waals surface area contributed by atoms with E-state index in [2.05, 4.69) is 15.3 Å². The predicted molar refractivity (Wildman–Crippen MR) is 81.6 cm³/mol. The Kier molecular flexibility index (Phi) is 3.58. The Morgan fingerprint density at radius 1 is 1.27 bits per heavy atom. The topological polar surface area (TPSA) is 57.6 Å². The molecule has 5 nitrogen and oxygen atoms in total. The van der Waals surface area contributed by atoms with E-state index in [0.717, 1.165) is 16.7 Å². The van der Waals surface area contributed by atoms with Crippen LogP contribution in [0.5, 0.6) is 0 Å². The van der Waals surface area contributed by atoms with Gasteiger partial charge in [-0.25, -0.2) is 4.98 Å². The van der Waals surface area contributed by atoms with Gasteiger partial charge < -0.3 is 5.32 Å². The molecule has 6 heteroatoms. The van der Waals surface area contributed by atoms with E-state index in [4.69, 9.17) is 0 Å². The van der Waals surface area contributed by atoms with Gasteiger partial charge in [-0.3, -0.25) is 14.7 Å². The average Bonchev–Trinajstić information content (AvgIpc) is 2.84. The van der Waals surface area contributed by atoms with E-state index in [1.807, 2.05) is 24.3 Å². The van der Waals surface area contributed by atoms with Crippen LogP contribution in [0.2, 0.25) is 0 Å². The largest absolute Gasteiger partial charge is 0.340 e. The molecule has 3 rings (SSSR count). The van der Waals surface area contributed by atoms with Gasteiger partial charge in [0.15, 0.2) is 0 Å². The lowest BCUT2D eigenvalue weighted by atomic mass is 10.0. The maximum atomic E-state index is 12.9. The Balaban J connectivity index is 1.95. The summed E-state index contributed by atoms with van der Waals surface area (Å²) in [7, 11) is 3.32. The molecule has 1 fully saturated rings. The van der Waals surface area contributed by atoms with Gasteiger partial charge in [0.1, 0.15) is 6.04 Å². The second-order valence-electron chi connectivity index (χ2n) is 5.02. The normalized spacial score (nSPS) is 19.6. The summed E-state index contributed by atoms with van der Waals surface area (Å²) in [5.41, 5.74) is 2.51. The lowest BCUT2D eigenvalue weighted by Crippen LogP contribution is -2.27. The van der Waals surface area contributed by atoms with Crippen LogP contribution >= 0.6 is 0 Å². The van der Waals surface area contributed by atoms with Crippen molar-refractivity contribution in [2.24, 2.45) is 4.99 Å². The van der Waals surface area contributed by atoms with Crippen molar-refractivity contribution in [3.63, 3.8) is 0 Å². The lowest BCUT2D eigenvalue weighted by Gasteiger charge is -2.10. The quantitative estimate of drug-likeness (QED) is 0.863. The van der Waals surface area contributed by atoms with Crippen LogP contribution in [0.25, 0.3) is 11.1 Å². The van der Waals surface area contributed by atoms with Crippen molar-refractivity contribution in [2.45, 2.75) is 6.04 Å². The van der Waals surface area contributed by atoms with Gasteiger partial charge in [-0.1, -0.05) is 18.2 Å². The highest BCUT2D eigenvalue weighted by molar-refractivity contribution is 6.06. The van der Waals surface area contributed by atoms with Crippen LogP contribution in [-0.2, 0) is 4.79 Å². The van der Waals surface area contributed by atoms with Gasteiger partial charge in [0.2, 0.25) is 11.9 Å². The third kappa shape index (κ3) is 2.43. The monoisotopic (exact) mass is 298 g/mol. The van der Waals surface area contributed by atoms with E-state index < -0.39 is 12.0 Å². The zero-order chi connectivity index (χ0) is 15.7. The highest BCUT2D eigenvalue weighted by Crippen LogP contribution is 2.26. The number of halogens is 1. The molecule has 0 aliphatic carbocycles. The van der Waals surface area contributed by atoms with Gasteiger partial charge in [0.25, 0.3) is 5.91 Å². The first-order valence-electron chi connectivity index (χ1n) is 6.83. The summed E-state index contributed by atoms with van der Waals surface area (Å²) in [6.07, 6.45) is 1.48. The van der Waals surface area contributed by atoms with E-state index in [1.54, 1.807) is 20.2 Å². The number of hydrogen-bond acceptors (Lipinski definition) is 3. The van der Waals surface area contributed by atoms with Crippen molar-refractivity contribution >= 4 is 11.9 Å². The molecule has 1 unspecified atom stereocenters. The van der Waals surface area contributed by atoms with Gasteiger partial charge in [0.05, 0.1) is 0 Å². The number of amides is 1. The SMILES string of the molecule is CN=C1NC(c2cccc(-c3ccc(F)nc3)c2)C(=O)N1C. The predicted octanol–water partition coefficient (Wildman–Crippen LogP) is 1.98. The highest BCUT2D eigenvalue weighted by Gasteiger charge is 2.34. The van der Waals surface area contributed by atoms with Gasteiger partial charge in [-0.2, -0.15) is 4.39 Å². The number of rotatable bonds is 2. The van der Waals surface area contributed by atoms with Crippen LogP contribution in [0, 0.1) is 5.95 Å². The third-order valence-corrected chi connectivity index (χ3v) is 3.66. The van der Waals surface area contributed by atoms with Crippen LogP contribution in [0.4, 0.5) is 4.39 Å². The van der Waals surface area contributed by atoms with Crippen LogP contribution < -0.4 is 5.32 Å². The summed E-state index contributed by atoms with van der Waals surface area (Å²) >= 11 is 0. The molecule has 22 heavy (non-hydrogen) atoms. The smallest absolute Gasteiger partial charge is 0.256 e. The Hall–Kier alpha value is -2.76. The summed E-state index contributed by atoms with van der Waals surface area (Å²) in [5.74, 6) is -0.0307. The van der Waals surface area contributed by atoms with Crippen LogP contribution in [0.1, 0.15) is 11.6 Å². The Morgan fingerprint density at radius 2 is 2.09 bits per heavy atom. The molecule has 0 radical (unpaired) electrons. The summed E-state index contributed by atoms with van der Waals surface area (Å²) in [4.78, 5) is 21.5. The first-order chi connectivity index (χ1) is 10.6. The Labute approximate surface area is 127 Å². The standard InChI is InChI=1S/C16H15FN4O/c1-18-16-20-14(15(22)21(16)2)11-5-3-4-10(8-11)12-6-7-13(17)19-9-12/h3-9,14H,1-2H3,(H,18,20). The minimum absolute atomic E-state index is 0.0602. The number of benzene rings is 1. The molecular formula is C16H15FN4O. The molecule has 1 saturated heterocycles. The van der Waals surface area contributed by atoms with Crippen molar-refractivity contribution < 1.29 is 9.18 Å². The Bertz CT molecular complexity index is 742. The molecule has 1 amide bonds. The van der Waals surface area contributed by atoms with Crippen LogP contribution in [-0.4, -0.2) is 35.8 Å². The Morgan fingerprint density at radius 3 is 2.73 bits per heavy atom. The van der Waals surface area contributed by atoms with Gasteiger partial charge >= 0.3 is 0 Å². The van der Waals surface area contributed by atoms with Gasteiger partial charge in [-0.15, -0.1) is 0 Å². The second-order valence-corrected chi connectivity index (χ2v) is 5.02. The number of likely N-dealkylation sites (N-methyl/N-ethyl adjacent to an activating group) is 1. The molecule has 2 aromatic rings. The number of nitrogens with one attached hydrogen (secondary N) is 1. The van der Waals surface area contributed by atoms with E-state index in [1.165, 1.54) is 17.2 Å². The molecule has 0 bridgehead atoms. The van der Waals surface area contributed by atoms with E-state index in [9.17, 15) is 9.18 Å². The first kappa shape index (κ1) is 14.2. The average molecular weight is 298 g/mol. The number of guanidine groups is 1. The fourth-order valence-electron chi connectivity index (χ4n) is 2.47. The number of aromatic nitrogens is 1. The minimum atomic E-state index is -0.516. The number of hydrogen-bond donors (Lipinski definition) is 1. The maximum Gasteiger partial charge on any atom is 0.256 e. The zero-order valence-electron chi connectivity index (χ0n) is 12.2. The fourth-order valence-corrected chi connectivity index (χ4v) is 2.47. The molecule has 1 aromatic heterocycles. The summed E-state index contributed by atoms with van der Waals surface area (Å²) in [6, 6.07) is 10.1. The lowest BCUT2D eigenvalue weighted by molar-refractivity contribution is -0.126. The number of nitrogens with zero attached hydrogens (tertiary/aromatic N) is 3. The maximum absolute atomic E-state index is 12.9. The van der Waals surface area contributed by atoms with E-state index >= 15 is 0 Å². The van der Waals surface area contributed by atoms with E-state index in [0.29, 0.717) is 5.96 Å². The first-order valence-corrected chi connectivity index (χ1v) is 6.83. The summed E-state index contributed by atoms with van der Waals surface area (Å²) in [5, 5.41) is 3.10. The number of carbonyl (C=O) groups excluding carboxylic acids is 1. The van der Waals surface area contributed by atoms with Crippen molar-refractivity contribution in [1.82, 2.24) is 15.2 Å². The summed E-state index contributed by atoms with van der Waals surface area (Å²) in [6.45, 7) is 0. The molecule has 1 atom stereocenters. The molecule has 1 aromatic carbocycles. The van der Waals surface area contributed by atoms with Gasteiger partial charge in [-0.05, 0) is 29.3 Å². The number of pyridine rings is 1. The van der Waals surface area contributed by atoms with Crippen molar-refractivity contribution in [1.29, 1.82) is 0 Å². The fraction of sp³-hybridized carbons (Fsp3) is 0.188. The molecule has 1 aliphatic rings. The molecular weight excluding hydrogens is 283 g/mol. The molecule has 1 N–H and O–H groups in total. The minimum Gasteiger partial charge on any atom is -0.340 e. The van der Waals surface area contributed by atoms with Crippen molar-refractivity contribution in [3.05, 3.63) is 54.1 Å². The summed E-state index contributed by atoms with van der Waals surface area (Å²) < 4.78 is 12.9. The van der Waals surface area contributed by atoms with Crippen molar-refractivity contribution in [3.8, 4) is 11.1 Å². The zero-order valence-corrected chi connectivity index (χ0v) is 12.2.